The summed E-state index contributed by atoms with van der Waals surface area (Å²) in [5.74, 6) is 0.822. The predicted octanol–water partition coefficient (Wildman–Crippen LogP) is 5.29. The molecule has 1 nitrogen and oxygen atoms in total. The number of benzene rings is 1. The zero-order valence-corrected chi connectivity index (χ0v) is 14.1. The van der Waals surface area contributed by atoms with Crippen molar-refractivity contribution in [3.63, 3.8) is 0 Å². The van der Waals surface area contributed by atoms with Gasteiger partial charge >= 0.3 is 0 Å². The number of rotatable bonds is 3. The van der Waals surface area contributed by atoms with Gasteiger partial charge in [0.05, 0.1) is 0 Å². The molecule has 1 heteroatoms. The molecule has 0 spiro atoms. The highest BCUT2D eigenvalue weighted by atomic mass is 15.2. The van der Waals surface area contributed by atoms with Gasteiger partial charge in [-0.15, -0.1) is 0 Å². The molecule has 2 heterocycles. The molecule has 1 saturated carbocycles. The number of hydrogen-bond acceptors (Lipinski definition) is 1. The van der Waals surface area contributed by atoms with Crippen molar-refractivity contribution < 1.29 is 0 Å². The quantitative estimate of drug-likeness (QED) is 0.732. The van der Waals surface area contributed by atoms with E-state index in [-0.39, 0.29) is 0 Å². The third-order valence-corrected chi connectivity index (χ3v) is 6.65. The lowest BCUT2D eigenvalue weighted by molar-refractivity contribution is 0.0567. The van der Waals surface area contributed by atoms with Gasteiger partial charge in [-0.25, -0.2) is 0 Å². The van der Waals surface area contributed by atoms with Gasteiger partial charge in [0, 0.05) is 18.1 Å². The van der Waals surface area contributed by atoms with Crippen molar-refractivity contribution in [1.82, 2.24) is 4.90 Å². The molecular weight excluding hydrogens is 266 g/mol. The Hall–Kier alpha value is -0.820. The van der Waals surface area contributed by atoms with Crippen LogP contribution in [0.5, 0.6) is 0 Å². The van der Waals surface area contributed by atoms with E-state index in [0.29, 0.717) is 0 Å². The molecule has 3 aliphatic rings. The van der Waals surface area contributed by atoms with Crippen LogP contribution in [-0.4, -0.2) is 23.0 Å². The number of nitrogens with zero attached hydrogens (tertiary/aromatic N) is 1. The summed E-state index contributed by atoms with van der Waals surface area (Å²) in [6.07, 6.45) is 14.3. The van der Waals surface area contributed by atoms with Crippen LogP contribution in [-0.2, 0) is 6.42 Å². The Kier molecular flexibility index (Phi) is 4.26. The Morgan fingerprint density at radius 3 is 2.05 bits per heavy atom. The summed E-state index contributed by atoms with van der Waals surface area (Å²) in [5, 5.41) is 0. The Morgan fingerprint density at radius 1 is 0.818 bits per heavy atom. The molecule has 4 rings (SSSR count). The molecule has 3 atom stereocenters. The summed E-state index contributed by atoms with van der Waals surface area (Å²) in [7, 11) is 0. The molecule has 0 N–H and O–H groups in total. The third-order valence-electron chi connectivity index (χ3n) is 6.65. The van der Waals surface area contributed by atoms with Crippen molar-refractivity contribution in [3.05, 3.63) is 35.4 Å². The summed E-state index contributed by atoms with van der Waals surface area (Å²) < 4.78 is 0. The molecule has 1 aromatic rings. The molecule has 1 aliphatic carbocycles. The maximum absolute atomic E-state index is 2.98. The minimum Gasteiger partial charge on any atom is -0.294 e. The SMILES string of the molecule is CCc1ccc(C2C[C@H]3CC[C@@H](C2)N3C2CCCCC2)cc1. The standard InChI is InChI=1S/C21H31N/c1-2-16-8-10-17(11-9-16)18-14-20-12-13-21(15-18)22(20)19-6-4-3-5-7-19/h8-11,18-21H,2-7,12-15H2,1H3/t18?,20-,21+. The van der Waals surface area contributed by atoms with E-state index in [0.717, 1.165) is 30.5 Å². The van der Waals surface area contributed by atoms with Gasteiger partial charge < -0.3 is 0 Å². The fourth-order valence-corrected chi connectivity index (χ4v) is 5.49. The highest BCUT2D eigenvalue weighted by Gasteiger charge is 2.43. The lowest BCUT2D eigenvalue weighted by atomic mass is 9.82. The van der Waals surface area contributed by atoms with Gasteiger partial charge in [-0.3, -0.25) is 4.90 Å². The molecule has 1 unspecified atom stereocenters. The Labute approximate surface area is 136 Å². The average Bonchev–Trinajstić information content (AvgIpc) is 2.85. The van der Waals surface area contributed by atoms with Gasteiger partial charge in [0.2, 0.25) is 0 Å². The highest BCUT2D eigenvalue weighted by molar-refractivity contribution is 5.27. The van der Waals surface area contributed by atoms with Crippen molar-refractivity contribution in [1.29, 1.82) is 0 Å². The molecule has 0 amide bonds. The third kappa shape index (κ3) is 2.73. The fourth-order valence-electron chi connectivity index (χ4n) is 5.49. The van der Waals surface area contributed by atoms with Gasteiger partial charge in [0.15, 0.2) is 0 Å². The Balaban J connectivity index is 1.47. The second-order valence-corrected chi connectivity index (χ2v) is 7.89. The Morgan fingerprint density at radius 2 is 1.45 bits per heavy atom. The van der Waals surface area contributed by atoms with Gasteiger partial charge in [-0.1, -0.05) is 50.5 Å². The van der Waals surface area contributed by atoms with Gasteiger partial charge in [-0.2, -0.15) is 0 Å². The van der Waals surface area contributed by atoms with Crippen LogP contribution in [0.25, 0.3) is 0 Å². The van der Waals surface area contributed by atoms with Crippen LogP contribution in [0.4, 0.5) is 0 Å². The molecule has 0 radical (unpaired) electrons. The van der Waals surface area contributed by atoms with Crippen molar-refractivity contribution in [3.8, 4) is 0 Å². The fraction of sp³-hybridized carbons (Fsp3) is 0.714. The van der Waals surface area contributed by atoms with Crippen LogP contribution in [0, 0.1) is 0 Å². The van der Waals surface area contributed by atoms with Gasteiger partial charge in [0.25, 0.3) is 0 Å². The molecule has 2 bridgehead atoms. The lowest BCUT2D eigenvalue weighted by Gasteiger charge is -2.45. The topological polar surface area (TPSA) is 3.24 Å². The Bertz CT molecular complexity index is 471. The summed E-state index contributed by atoms with van der Waals surface area (Å²) in [6.45, 7) is 2.25. The van der Waals surface area contributed by atoms with Crippen molar-refractivity contribution in [2.24, 2.45) is 0 Å². The first-order valence-electron chi connectivity index (χ1n) is 9.71. The molecule has 2 aliphatic heterocycles. The van der Waals surface area contributed by atoms with Crippen molar-refractivity contribution in [2.45, 2.75) is 95.2 Å². The first kappa shape index (κ1) is 14.8. The summed E-state index contributed by atoms with van der Waals surface area (Å²) in [4.78, 5) is 2.98. The molecule has 2 saturated heterocycles. The lowest BCUT2D eigenvalue weighted by Crippen LogP contribution is -2.49. The van der Waals surface area contributed by atoms with E-state index in [1.54, 1.807) is 5.56 Å². The van der Waals surface area contributed by atoms with E-state index >= 15 is 0 Å². The van der Waals surface area contributed by atoms with Crippen LogP contribution in [0.2, 0.25) is 0 Å². The van der Waals surface area contributed by atoms with Crippen LogP contribution in [0.3, 0.4) is 0 Å². The first-order valence-corrected chi connectivity index (χ1v) is 9.71. The van der Waals surface area contributed by atoms with Crippen LogP contribution >= 0.6 is 0 Å². The monoisotopic (exact) mass is 297 g/mol. The van der Waals surface area contributed by atoms with Crippen LogP contribution < -0.4 is 0 Å². The zero-order valence-electron chi connectivity index (χ0n) is 14.1. The summed E-state index contributed by atoms with van der Waals surface area (Å²) in [5.41, 5.74) is 3.09. The van der Waals surface area contributed by atoms with Crippen LogP contribution in [0.15, 0.2) is 24.3 Å². The molecule has 3 fully saturated rings. The van der Waals surface area contributed by atoms with Crippen molar-refractivity contribution in [2.75, 3.05) is 0 Å². The number of aryl methyl sites for hydroxylation is 1. The molecule has 120 valence electrons. The van der Waals surface area contributed by atoms with Gasteiger partial charge in [0.1, 0.15) is 0 Å². The largest absolute Gasteiger partial charge is 0.294 e. The minimum atomic E-state index is 0.822. The van der Waals surface area contributed by atoms with E-state index in [1.807, 2.05) is 0 Å². The average molecular weight is 297 g/mol. The number of fused-ring (bicyclic) bond motifs is 2. The second-order valence-electron chi connectivity index (χ2n) is 7.89. The maximum atomic E-state index is 2.98. The maximum Gasteiger partial charge on any atom is 0.0107 e. The summed E-state index contributed by atoms with van der Waals surface area (Å²) in [6, 6.07) is 12.2. The van der Waals surface area contributed by atoms with E-state index in [1.165, 1.54) is 63.4 Å². The normalized spacial score (nSPS) is 33.2. The first-order chi connectivity index (χ1) is 10.8. The van der Waals surface area contributed by atoms with Gasteiger partial charge in [-0.05, 0) is 62.0 Å². The van der Waals surface area contributed by atoms with E-state index < -0.39 is 0 Å². The predicted molar refractivity (Wildman–Crippen MR) is 93.3 cm³/mol. The molecule has 0 aromatic heterocycles. The molecular formula is C21H31N. The molecule has 1 aromatic carbocycles. The minimum absolute atomic E-state index is 0.822. The van der Waals surface area contributed by atoms with Crippen molar-refractivity contribution >= 4 is 0 Å². The van der Waals surface area contributed by atoms with E-state index in [4.69, 9.17) is 0 Å². The second kappa shape index (κ2) is 6.35. The molecule has 22 heavy (non-hydrogen) atoms. The highest BCUT2D eigenvalue weighted by Crippen LogP contribution is 2.45. The van der Waals surface area contributed by atoms with E-state index in [9.17, 15) is 0 Å². The number of piperidine rings is 1. The van der Waals surface area contributed by atoms with Crippen LogP contribution in [0.1, 0.15) is 81.8 Å². The van der Waals surface area contributed by atoms with E-state index in [2.05, 4.69) is 36.1 Å². The zero-order chi connectivity index (χ0) is 14.9. The summed E-state index contributed by atoms with van der Waals surface area (Å²) >= 11 is 0. The number of hydrogen-bond donors (Lipinski definition) is 0. The smallest absolute Gasteiger partial charge is 0.0107 e.